The minimum Gasteiger partial charge on any atom is -0.523 e. The first-order valence-electron chi connectivity index (χ1n) is 3.45. The van der Waals surface area contributed by atoms with Gasteiger partial charge < -0.3 is 9.63 Å². The molecule has 0 aliphatic heterocycles. The minimum absolute atomic E-state index is 0.366. The van der Waals surface area contributed by atoms with E-state index in [9.17, 15) is 9.50 Å². The lowest BCUT2D eigenvalue weighted by Crippen LogP contribution is -2.35. The average Bonchev–Trinajstić information content (AvgIpc) is 2.53. The Hall–Kier alpha value is -1.98. The van der Waals surface area contributed by atoms with Gasteiger partial charge in [0.15, 0.2) is 0 Å². The number of hydrogen-bond donors (Lipinski definition) is 0. The lowest BCUT2D eigenvalue weighted by atomic mass is 10.3. The van der Waals surface area contributed by atoms with Gasteiger partial charge in [0, 0.05) is 12.1 Å². The highest BCUT2D eigenvalue weighted by molar-refractivity contribution is 5.21. The summed E-state index contributed by atoms with van der Waals surface area (Å²) in [4.78, 5) is 0.988. The van der Waals surface area contributed by atoms with Gasteiger partial charge in [-0.25, -0.2) is 4.39 Å². The number of aromatic nitrogens is 3. The van der Waals surface area contributed by atoms with Crippen molar-refractivity contribution in [3.05, 3.63) is 30.1 Å². The lowest BCUT2D eigenvalue weighted by Gasteiger charge is -1.85. The number of hydrogen-bond acceptors (Lipinski definition) is 4. The van der Waals surface area contributed by atoms with Gasteiger partial charge in [0.25, 0.3) is 5.69 Å². The molecule has 0 unspecified atom stereocenters. The molecule has 1 aromatic carbocycles. The van der Waals surface area contributed by atoms with Crippen LogP contribution in [0.15, 0.2) is 28.8 Å². The van der Waals surface area contributed by atoms with Crippen molar-refractivity contribution < 1.29 is 18.8 Å². The standard InChI is InChI=1S/C7H4FN3O2/c8-5-1-3-6(4-2-5)11-9-7(12)13-10-11/h1-4H. The van der Waals surface area contributed by atoms with E-state index in [0.29, 0.717) is 5.69 Å². The second-order valence-corrected chi connectivity index (χ2v) is 2.30. The molecule has 13 heavy (non-hydrogen) atoms. The Kier molecular flexibility index (Phi) is 1.66. The van der Waals surface area contributed by atoms with E-state index >= 15 is 0 Å². The lowest BCUT2D eigenvalue weighted by molar-refractivity contribution is -0.726. The van der Waals surface area contributed by atoms with Crippen molar-refractivity contribution in [2.24, 2.45) is 0 Å². The van der Waals surface area contributed by atoms with E-state index in [1.807, 2.05) is 0 Å². The molecule has 66 valence electrons. The predicted molar refractivity (Wildman–Crippen MR) is 35.2 cm³/mol. The quantitative estimate of drug-likeness (QED) is 0.559. The first-order valence-corrected chi connectivity index (χ1v) is 3.45. The van der Waals surface area contributed by atoms with Crippen molar-refractivity contribution in [2.75, 3.05) is 0 Å². The molecular weight excluding hydrogens is 177 g/mol. The molecule has 0 atom stereocenters. The Morgan fingerprint density at radius 3 is 2.54 bits per heavy atom. The van der Waals surface area contributed by atoms with Crippen LogP contribution in [0.25, 0.3) is 5.69 Å². The van der Waals surface area contributed by atoms with Gasteiger partial charge in [0.2, 0.25) is 6.08 Å². The van der Waals surface area contributed by atoms with Crippen molar-refractivity contribution in [2.45, 2.75) is 0 Å². The van der Waals surface area contributed by atoms with Crippen LogP contribution < -0.4 is 9.90 Å². The van der Waals surface area contributed by atoms with Crippen LogP contribution in [0, 0.1) is 5.82 Å². The minimum atomic E-state index is -0.788. The smallest absolute Gasteiger partial charge is 0.269 e. The van der Waals surface area contributed by atoms with Crippen molar-refractivity contribution in [3.63, 3.8) is 0 Å². The maximum Gasteiger partial charge on any atom is 0.269 e. The van der Waals surface area contributed by atoms with Gasteiger partial charge in [0.05, 0.1) is 9.90 Å². The Morgan fingerprint density at radius 1 is 1.31 bits per heavy atom. The molecule has 5 nitrogen and oxygen atoms in total. The summed E-state index contributed by atoms with van der Waals surface area (Å²) >= 11 is 0. The molecule has 0 saturated carbocycles. The van der Waals surface area contributed by atoms with Gasteiger partial charge in [0.1, 0.15) is 11.1 Å². The second-order valence-electron chi connectivity index (χ2n) is 2.30. The van der Waals surface area contributed by atoms with Gasteiger partial charge >= 0.3 is 0 Å². The van der Waals surface area contributed by atoms with Crippen molar-refractivity contribution >= 4 is 0 Å². The molecule has 0 bridgehead atoms. The zero-order valence-corrected chi connectivity index (χ0v) is 6.35. The van der Waals surface area contributed by atoms with Crippen LogP contribution in [0.4, 0.5) is 4.39 Å². The maximum atomic E-state index is 12.5. The van der Waals surface area contributed by atoms with Gasteiger partial charge in [-0.2, -0.15) is 0 Å². The molecule has 0 aliphatic rings. The molecule has 2 aromatic rings. The Morgan fingerprint density at radius 2 is 2.00 bits per heavy atom. The Balaban J connectivity index is 2.41. The van der Waals surface area contributed by atoms with Crippen LogP contribution >= 0.6 is 0 Å². The van der Waals surface area contributed by atoms with E-state index in [0.717, 1.165) is 4.80 Å². The van der Waals surface area contributed by atoms with E-state index in [1.165, 1.54) is 24.3 Å². The van der Waals surface area contributed by atoms with Gasteiger partial charge in [-0.3, -0.25) is 0 Å². The van der Waals surface area contributed by atoms with Crippen LogP contribution in [0.3, 0.4) is 0 Å². The third kappa shape index (κ3) is 1.46. The molecule has 2 rings (SSSR count). The molecule has 6 heteroatoms. The zero-order chi connectivity index (χ0) is 9.26. The van der Waals surface area contributed by atoms with Gasteiger partial charge in [-0.15, -0.1) is 0 Å². The highest BCUT2D eigenvalue weighted by atomic mass is 19.1. The van der Waals surface area contributed by atoms with Crippen LogP contribution in [0.2, 0.25) is 0 Å². The molecular formula is C7H4FN3O2. The summed E-state index contributed by atoms with van der Waals surface area (Å²) in [6.45, 7) is 0. The first kappa shape index (κ1) is 7.66. The SMILES string of the molecule is [O-]c1n[n+](-c2ccc(F)cc2)no1. The van der Waals surface area contributed by atoms with Crippen LogP contribution in [-0.2, 0) is 0 Å². The third-order valence-corrected chi connectivity index (χ3v) is 1.43. The van der Waals surface area contributed by atoms with Crippen LogP contribution in [-0.4, -0.2) is 10.4 Å². The summed E-state index contributed by atoms with van der Waals surface area (Å²) in [7, 11) is 0. The normalized spacial score (nSPS) is 10.2. The Labute approximate surface area is 72.0 Å². The summed E-state index contributed by atoms with van der Waals surface area (Å²) in [5.74, 6) is -0.366. The number of rotatable bonds is 1. The summed E-state index contributed by atoms with van der Waals surface area (Å²) in [5, 5.41) is 17.2. The predicted octanol–water partition coefficient (Wildman–Crippen LogP) is -0.441. The van der Waals surface area contributed by atoms with E-state index in [2.05, 4.69) is 14.9 Å². The van der Waals surface area contributed by atoms with Crippen LogP contribution in [0.5, 0.6) is 6.08 Å². The highest BCUT2D eigenvalue weighted by Crippen LogP contribution is 2.01. The molecule has 0 spiro atoms. The third-order valence-electron chi connectivity index (χ3n) is 1.43. The van der Waals surface area contributed by atoms with E-state index in [-0.39, 0.29) is 5.82 Å². The van der Waals surface area contributed by atoms with E-state index in [4.69, 9.17) is 0 Å². The molecule has 0 saturated heterocycles. The largest absolute Gasteiger partial charge is 0.523 e. The number of halogens is 1. The molecule has 0 fully saturated rings. The van der Waals surface area contributed by atoms with Crippen LogP contribution in [0.1, 0.15) is 0 Å². The maximum absolute atomic E-state index is 12.5. The highest BCUT2D eigenvalue weighted by Gasteiger charge is 2.10. The fourth-order valence-corrected chi connectivity index (χ4v) is 0.867. The molecule has 0 radical (unpaired) electrons. The monoisotopic (exact) mass is 181 g/mol. The summed E-state index contributed by atoms with van der Waals surface area (Å²) in [5.41, 5.74) is 0.465. The summed E-state index contributed by atoms with van der Waals surface area (Å²) in [6, 6.07) is 5.35. The summed E-state index contributed by atoms with van der Waals surface area (Å²) in [6.07, 6.45) is -0.788. The second kappa shape index (κ2) is 2.81. The molecule has 0 N–H and O–H groups in total. The number of nitrogens with zero attached hydrogens (tertiary/aromatic N) is 3. The fraction of sp³-hybridized carbons (Fsp3) is 0. The first-order chi connectivity index (χ1) is 6.25. The molecule has 0 aliphatic carbocycles. The fourth-order valence-electron chi connectivity index (χ4n) is 0.867. The zero-order valence-electron chi connectivity index (χ0n) is 6.35. The number of benzene rings is 1. The van der Waals surface area contributed by atoms with Crippen molar-refractivity contribution in [1.29, 1.82) is 0 Å². The van der Waals surface area contributed by atoms with E-state index in [1.54, 1.807) is 0 Å². The van der Waals surface area contributed by atoms with Gasteiger partial charge in [-0.05, 0) is 12.1 Å². The van der Waals surface area contributed by atoms with Crippen molar-refractivity contribution in [3.8, 4) is 11.8 Å². The molecule has 1 heterocycles. The topological polar surface area (TPSA) is 65.9 Å². The van der Waals surface area contributed by atoms with E-state index < -0.39 is 6.08 Å². The molecule has 0 amide bonds. The Bertz CT molecular complexity index is 412. The average molecular weight is 181 g/mol. The van der Waals surface area contributed by atoms with Gasteiger partial charge in [-0.1, -0.05) is 0 Å². The van der Waals surface area contributed by atoms with Crippen molar-refractivity contribution in [1.82, 2.24) is 10.4 Å². The summed E-state index contributed by atoms with van der Waals surface area (Å²) < 4.78 is 16.7. The molecule has 1 aromatic heterocycles.